The molecule has 18 heavy (non-hydrogen) atoms. The summed E-state index contributed by atoms with van der Waals surface area (Å²) in [6, 6.07) is 7.30. The lowest BCUT2D eigenvalue weighted by Gasteiger charge is -2.11. The quantitative estimate of drug-likeness (QED) is 0.765. The third kappa shape index (κ3) is 4.58. The number of rotatable bonds is 7. The first-order valence-corrected chi connectivity index (χ1v) is 6.96. The van der Waals surface area contributed by atoms with Gasteiger partial charge in [0.25, 0.3) is 0 Å². The molecule has 0 fully saturated rings. The van der Waals surface area contributed by atoms with Crippen LogP contribution in [0.3, 0.4) is 0 Å². The van der Waals surface area contributed by atoms with Crippen LogP contribution in [0, 0.1) is 0 Å². The molecular formula is C13H19NO3S. The van der Waals surface area contributed by atoms with Gasteiger partial charge in [0, 0.05) is 17.1 Å². The minimum absolute atomic E-state index is 0.374. The fraction of sp³-hybridized carbons (Fsp3) is 0.462. The van der Waals surface area contributed by atoms with Crippen LogP contribution in [0.2, 0.25) is 0 Å². The van der Waals surface area contributed by atoms with Gasteiger partial charge in [-0.2, -0.15) is 11.8 Å². The van der Waals surface area contributed by atoms with Crippen molar-refractivity contribution in [3.05, 3.63) is 29.8 Å². The zero-order valence-electron chi connectivity index (χ0n) is 10.7. The van der Waals surface area contributed by atoms with Crippen LogP contribution < -0.4 is 10.5 Å². The molecular weight excluding hydrogens is 250 g/mol. The molecule has 0 bridgehead atoms. The molecule has 0 aliphatic rings. The van der Waals surface area contributed by atoms with Gasteiger partial charge in [-0.15, -0.1) is 0 Å². The van der Waals surface area contributed by atoms with Crippen LogP contribution in [0.5, 0.6) is 5.75 Å². The standard InChI is InChI=1S/C13H19NO3S/c1-3-17-12-7-5-4-6-10(12)8-18-9-11(14)13(15)16-2/h4-7,11H,3,8-9,14H2,1-2H3. The van der Waals surface area contributed by atoms with Gasteiger partial charge in [-0.05, 0) is 13.0 Å². The van der Waals surface area contributed by atoms with Crippen LogP contribution in [0.1, 0.15) is 12.5 Å². The summed E-state index contributed by atoms with van der Waals surface area (Å²) in [6.45, 7) is 2.60. The number of carbonyl (C=O) groups is 1. The number of benzene rings is 1. The largest absolute Gasteiger partial charge is 0.494 e. The summed E-state index contributed by atoms with van der Waals surface area (Å²) < 4.78 is 10.1. The van der Waals surface area contributed by atoms with Crippen LogP contribution in [-0.4, -0.2) is 31.5 Å². The van der Waals surface area contributed by atoms with Crippen molar-refractivity contribution < 1.29 is 14.3 Å². The van der Waals surface area contributed by atoms with Crippen molar-refractivity contribution >= 4 is 17.7 Å². The van der Waals surface area contributed by atoms with E-state index in [9.17, 15) is 4.79 Å². The molecule has 0 aromatic heterocycles. The van der Waals surface area contributed by atoms with E-state index in [1.165, 1.54) is 7.11 Å². The maximum Gasteiger partial charge on any atom is 0.323 e. The number of ether oxygens (including phenoxy) is 2. The predicted molar refractivity (Wildman–Crippen MR) is 73.8 cm³/mol. The molecule has 0 saturated heterocycles. The summed E-state index contributed by atoms with van der Waals surface area (Å²) in [5.41, 5.74) is 6.77. The molecule has 0 heterocycles. The number of hydrogen-bond acceptors (Lipinski definition) is 5. The molecule has 2 N–H and O–H groups in total. The first-order valence-electron chi connectivity index (χ1n) is 5.80. The van der Waals surface area contributed by atoms with Gasteiger partial charge in [0.2, 0.25) is 0 Å². The highest BCUT2D eigenvalue weighted by atomic mass is 32.2. The average Bonchev–Trinajstić information content (AvgIpc) is 2.40. The van der Waals surface area contributed by atoms with Crippen molar-refractivity contribution in [3.63, 3.8) is 0 Å². The van der Waals surface area contributed by atoms with Crippen molar-refractivity contribution in [1.82, 2.24) is 0 Å². The molecule has 5 heteroatoms. The molecule has 4 nitrogen and oxygen atoms in total. The maximum atomic E-state index is 11.1. The molecule has 0 aliphatic carbocycles. The third-order valence-corrected chi connectivity index (χ3v) is 3.44. The predicted octanol–water partition coefficient (Wildman–Crippen LogP) is 1.82. The zero-order chi connectivity index (χ0) is 13.4. The van der Waals surface area contributed by atoms with Gasteiger partial charge in [-0.3, -0.25) is 4.79 Å². The van der Waals surface area contributed by atoms with Crippen LogP contribution >= 0.6 is 11.8 Å². The Morgan fingerprint density at radius 3 is 2.83 bits per heavy atom. The summed E-state index contributed by atoms with van der Waals surface area (Å²) in [5, 5.41) is 0. The van der Waals surface area contributed by atoms with Crippen LogP contribution in [0.15, 0.2) is 24.3 Å². The summed E-state index contributed by atoms with van der Waals surface area (Å²) in [4.78, 5) is 11.1. The highest BCUT2D eigenvalue weighted by Gasteiger charge is 2.13. The molecule has 0 amide bonds. The number of thioether (sulfide) groups is 1. The first kappa shape index (κ1) is 14.9. The van der Waals surface area contributed by atoms with Gasteiger partial charge in [-0.1, -0.05) is 18.2 Å². The molecule has 0 saturated carbocycles. The van der Waals surface area contributed by atoms with Crippen LogP contribution in [0.25, 0.3) is 0 Å². The summed E-state index contributed by atoms with van der Waals surface area (Å²) >= 11 is 1.59. The van der Waals surface area contributed by atoms with Crippen molar-refractivity contribution in [3.8, 4) is 5.75 Å². The van der Waals surface area contributed by atoms with Gasteiger partial charge in [0.1, 0.15) is 11.8 Å². The third-order valence-electron chi connectivity index (χ3n) is 2.33. The van der Waals surface area contributed by atoms with Crippen molar-refractivity contribution in [2.45, 2.75) is 18.7 Å². The summed E-state index contributed by atoms with van der Waals surface area (Å²) in [5.74, 6) is 1.81. The average molecular weight is 269 g/mol. The number of methoxy groups -OCH3 is 1. The number of esters is 1. The number of para-hydroxylation sites is 1. The van der Waals surface area contributed by atoms with E-state index in [1.54, 1.807) is 11.8 Å². The Kier molecular flexibility index (Phi) is 6.60. The highest BCUT2D eigenvalue weighted by molar-refractivity contribution is 7.98. The molecule has 0 radical (unpaired) electrons. The zero-order valence-corrected chi connectivity index (χ0v) is 11.5. The van der Waals surface area contributed by atoms with Gasteiger partial charge < -0.3 is 15.2 Å². The Hall–Kier alpha value is -1.20. The van der Waals surface area contributed by atoms with E-state index in [-0.39, 0.29) is 5.97 Å². The monoisotopic (exact) mass is 269 g/mol. The Balaban J connectivity index is 2.46. The van der Waals surface area contributed by atoms with Crippen molar-refractivity contribution in [2.24, 2.45) is 5.73 Å². The molecule has 100 valence electrons. The Morgan fingerprint density at radius 2 is 2.17 bits per heavy atom. The molecule has 1 unspecified atom stereocenters. The van der Waals surface area contributed by atoms with Gasteiger partial charge >= 0.3 is 5.97 Å². The van der Waals surface area contributed by atoms with Crippen LogP contribution in [0.4, 0.5) is 0 Å². The minimum atomic E-state index is -0.570. The number of hydrogen-bond donors (Lipinski definition) is 1. The summed E-state index contributed by atoms with van der Waals surface area (Å²) in [7, 11) is 1.34. The van der Waals surface area contributed by atoms with Crippen molar-refractivity contribution in [2.75, 3.05) is 19.5 Å². The topological polar surface area (TPSA) is 61.5 Å². The highest BCUT2D eigenvalue weighted by Crippen LogP contribution is 2.23. The van der Waals surface area contributed by atoms with E-state index < -0.39 is 6.04 Å². The van der Waals surface area contributed by atoms with Crippen molar-refractivity contribution in [1.29, 1.82) is 0 Å². The second kappa shape index (κ2) is 8.00. The van der Waals surface area contributed by atoms with E-state index >= 15 is 0 Å². The summed E-state index contributed by atoms with van der Waals surface area (Å²) in [6.07, 6.45) is 0. The van der Waals surface area contributed by atoms with E-state index in [2.05, 4.69) is 4.74 Å². The number of nitrogens with two attached hydrogens (primary N) is 1. The van der Waals surface area contributed by atoms with E-state index in [1.807, 2.05) is 31.2 Å². The smallest absolute Gasteiger partial charge is 0.323 e. The molecule has 1 aromatic rings. The number of carbonyl (C=O) groups excluding carboxylic acids is 1. The first-order chi connectivity index (χ1) is 8.69. The normalized spacial score (nSPS) is 11.9. The Labute approximate surface area is 112 Å². The fourth-order valence-electron chi connectivity index (χ4n) is 1.43. The minimum Gasteiger partial charge on any atom is -0.494 e. The van der Waals surface area contributed by atoms with Crippen LogP contribution in [-0.2, 0) is 15.3 Å². The molecule has 0 aliphatic heterocycles. The van der Waals surface area contributed by atoms with Gasteiger partial charge in [0.05, 0.1) is 13.7 Å². The van der Waals surface area contributed by atoms with Gasteiger partial charge in [-0.25, -0.2) is 0 Å². The fourth-order valence-corrected chi connectivity index (χ4v) is 2.40. The lowest BCUT2D eigenvalue weighted by molar-refractivity contribution is -0.141. The van der Waals surface area contributed by atoms with E-state index in [0.717, 1.165) is 17.1 Å². The Morgan fingerprint density at radius 1 is 1.44 bits per heavy atom. The lowest BCUT2D eigenvalue weighted by Crippen LogP contribution is -2.33. The van der Waals surface area contributed by atoms with E-state index in [0.29, 0.717) is 12.4 Å². The SMILES string of the molecule is CCOc1ccccc1CSCC(N)C(=O)OC. The molecule has 1 rings (SSSR count). The Bertz CT molecular complexity index is 384. The lowest BCUT2D eigenvalue weighted by atomic mass is 10.2. The maximum absolute atomic E-state index is 11.1. The second-order valence-electron chi connectivity index (χ2n) is 3.69. The second-order valence-corrected chi connectivity index (χ2v) is 4.72. The molecule has 1 aromatic carbocycles. The van der Waals surface area contributed by atoms with E-state index in [4.69, 9.17) is 10.5 Å². The van der Waals surface area contributed by atoms with Gasteiger partial charge in [0.15, 0.2) is 0 Å². The molecule has 0 spiro atoms. The molecule has 1 atom stereocenters.